The average Bonchev–Trinajstić information content (AvgIpc) is 3.65. The molecule has 1 amide bonds. The highest BCUT2D eigenvalue weighted by Crippen LogP contribution is 2.37. The van der Waals surface area contributed by atoms with Crippen molar-refractivity contribution in [2.75, 3.05) is 82.2 Å². The van der Waals surface area contributed by atoms with Crippen LogP contribution in [0.4, 0.5) is 36.2 Å². The van der Waals surface area contributed by atoms with Gasteiger partial charge in [-0.2, -0.15) is 0 Å². The lowest BCUT2D eigenvalue weighted by atomic mass is 10.0. The first-order valence-corrected chi connectivity index (χ1v) is 19.3. The molecule has 58 heavy (non-hydrogen) atoms. The van der Waals surface area contributed by atoms with Gasteiger partial charge in [0.2, 0.25) is 5.95 Å². The first kappa shape index (κ1) is 38.7. The van der Waals surface area contributed by atoms with Crippen molar-refractivity contribution < 1.29 is 27.4 Å². The van der Waals surface area contributed by atoms with Crippen LogP contribution in [0.15, 0.2) is 91.3 Å². The largest absolute Gasteiger partial charge is 0.496 e. The van der Waals surface area contributed by atoms with Crippen molar-refractivity contribution >= 4 is 34.6 Å². The molecule has 8 rings (SSSR count). The van der Waals surface area contributed by atoms with E-state index >= 15 is 0 Å². The molecule has 0 unspecified atom stereocenters. The Morgan fingerprint density at radius 2 is 1.62 bits per heavy atom. The van der Waals surface area contributed by atoms with Crippen LogP contribution < -0.4 is 25.0 Å². The number of amides is 1. The number of methoxy groups -OCH3 is 2. The van der Waals surface area contributed by atoms with Gasteiger partial charge in [-0.05, 0) is 73.5 Å². The molecule has 15 heteroatoms. The number of para-hydroxylation sites is 1. The van der Waals surface area contributed by atoms with Gasteiger partial charge >= 0.3 is 0 Å². The standard InChI is InChI=1S/C43H44F3N9O3/c1-57-36-12-9-28(26-31(36)42(56)51-40-32(45)6-5-7-33(40)46)39-41(55-18-4-3-8-38(55)50-39)35-13-17-47-43(49-35)48-34-11-10-30(27-37(34)58-2)53-19-14-29(15-20-53)54-24-22-52(21-16-44)23-25-54/h3-13,17-18,26-27,29H,14-16,19-25H2,1-2H3,(H,51,56)(H,47,48,49). The van der Waals surface area contributed by atoms with Crippen LogP contribution in [0.1, 0.15) is 23.2 Å². The lowest BCUT2D eigenvalue weighted by Gasteiger charge is -2.43. The molecule has 2 aliphatic heterocycles. The Kier molecular flexibility index (Phi) is 11.4. The average molecular weight is 792 g/mol. The van der Waals surface area contributed by atoms with E-state index in [-0.39, 0.29) is 18.0 Å². The Hall–Kier alpha value is -6.19. The van der Waals surface area contributed by atoms with E-state index in [1.165, 1.54) is 13.2 Å². The number of alkyl halides is 1. The summed E-state index contributed by atoms with van der Waals surface area (Å²) in [5, 5.41) is 5.69. The molecule has 3 aromatic heterocycles. The summed E-state index contributed by atoms with van der Waals surface area (Å²) in [6, 6.07) is 22.3. The van der Waals surface area contributed by atoms with Gasteiger partial charge in [0.1, 0.15) is 41.1 Å². The third-order valence-corrected chi connectivity index (χ3v) is 10.9. The zero-order valence-electron chi connectivity index (χ0n) is 32.3. The summed E-state index contributed by atoms with van der Waals surface area (Å²) >= 11 is 0. The SMILES string of the molecule is COc1cc(N2CCC(N3CCN(CCF)CC3)CC2)ccc1Nc1nccc(-c2c(-c3ccc(OC)c(C(=O)Nc4c(F)cccc4F)c3)nc3ccccn23)n1. The summed E-state index contributed by atoms with van der Waals surface area (Å²) in [6.45, 7) is 5.94. The number of aromatic nitrogens is 4. The van der Waals surface area contributed by atoms with Crippen molar-refractivity contribution in [3.05, 3.63) is 108 Å². The highest BCUT2D eigenvalue weighted by molar-refractivity contribution is 6.07. The third-order valence-electron chi connectivity index (χ3n) is 10.9. The molecule has 5 heterocycles. The number of piperidine rings is 1. The molecule has 300 valence electrons. The summed E-state index contributed by atoms with van der Waals surface area (Å²) in [5.74, 6) is -1.37. The van der Waals surface area contributed by atoms with Crippen LogP contribution in [0.2, 0.25) is 0 Å². The van der Waals surface area contributed by atoms with Gasteiger partial charge in [-0.1, -0.05) is 12.1 Å². The van der Waals surface area contributed by atoms with Crippen LogP contribution in [-0.2, 0) is 0 Å². The van der Waals surface area contributed by atoms with E-state index in [0.29, 0.717) is 58.3 Å². The van der Waals surface area contributed by atoms with Crippen LogP contribution >= 0.6 is 0 Å². The van der Waals surface area contributed by atoms with Gasteiger partial charge in [-0.3, -0.25) is 19.0 Å². The normalized spacial score (nSPS) is 15.4. The van der Waals surface area contributed by atoms with E-state index in [4.69, 9.17) is 19.4 Å². The van der Waals surface area contributed by atoms with Crippen LogP contribution in [0.5, 0.6) is 11.5 Å². The molecule has 2 N–H and O–H groups in total. The maximum atomic E-state index is 14.5. The number of carbonyl (C=O) groups excluding carboxylic acids is 1. The number of pyridine rings is 1. The number of rotatable bonds is 12. The predicted octanol–water partition coefficient (Wildman–Crippen LogP) is 7.31. The predicted molar refractivity (Wildman–Crippen MR) is 218 cm³/mol. The lowest BCUT2D eigenvalue weighted by Crippen LogP contribution is -2.53. The van der Waals surface area contributed by atoms with Crippen molar-refractivity contribution in [1.82, 2.24) is 29.2 Å². The number of anilines is 4. The quantitative estimate of drug-likeness (QED) is 0.131. The highest BCUT2D eigenvalue weighted by Gasteiger charge is 2.28. The second-order valence-electron chi connectivity index (χ2n) is 14.3. The Morgan fingerprint density at radius 3 is 2.36 bits per heavy atom. The van der Waals surface area contributed by atoms with Gasteiger partial charge < -0.3 is 25.0 Å². The second-order valence-corrected chi connectivity index (χ2v) is 14.3. The number of benzene rings is 3. The lowest BCUT2D eigenvalue weighted by molar-refractivity contribution is 0.0816. The number of carbonyl (C=O) groups is 1. The molecular formula is C43H44F3N9O3. The number of hydrogen-bond donors (Lipinski definition) is 2. The number of hydrogen-bond acceptors (Lipinski definition) is 10. The molecule has 0 bridgehead atoms. The van der Waals surface area contributed by atoms with Crippen molar-refractivity contribution in [2.24, 2.45) is 0 Å². The maximum Gasteiger partial charge on any atom is 0.259 e. The Balaban J connectivity index is 1.03. The van der Waals surface area contributed by atoms with Gasteiger partial charge in [0.15, 0.2) is 0 Å². The van der Waals surface area contributed by atoms with Crippen LogP contribution in [0.3, 0.4) is 0 Å². The molecule has 0 radical (unpaired) electrons. The summed E-state index contributed by atoms with van der Waals surface area (Å²) in [6.07, 6.45) is 5.65. The van der Waals surface area contributed by atoms with E-state index in [1.54, 1.807) is 37.6 Å². The van der Waals surface area contributed by atoms with E-state index in [1.807, 2.05) is 40.9 Å². The molecule has 0 spiro atoms. The number of halogens is 3. The summed E-state index contributed by atoms with van der Waals surface area (Å²) < 4.78 is 55.0. The van der Waals surface area contributed by atoms with Gasteiger partial charge in [-0.15, -0.1) is 0 Å². The summed E-state index contributed by atoms with van der Waals surface area (Å²) in [4.78, 5) is 35.0. The molecule has 3 aromatic carbocycles. The molecule has 2 aliphatic rings. The topological polar surface area (TPSA) is 112 Å². The van der Waals surface area contributed by atoms with Crippen molar-refractivity contribution in [3.8, 4) is 34.1 Å². The molecule has 6 aromatic rings. The second kappa shape index (κ2) is 17.1. The van der Waals surface area contributed by atoms with Gasteiger partial charge in [0.25, 0.3) is 5.91 Å². The molecule has 12 nitrogen and oxygen atoms in total. The zero-order chi connectivity index (χ0) is 40.2. The number of imidazole rings is 1. The summed E-state index contributed by atoms with van der Waals surface area (Å²) in [5.41, 5.74) is 4.13. The fourth-order valence-electron chi connectivity index (χ4n) is 7.88. The first-order chi connectivity index (χ1) is 28.3. The van der Waals surface area contributed by atoms with E-state index < -0.39 is 23.2 Å². The monoisotopic (exact) mass is 791 g/mol. The minimum Gasteiger partial charge on any atom is -0.496 e. The number of ether oxygens (including phenoxy) is 2. The fourth-order valence-corrected chi connectivity index (χ4v) is 7.88. The Labute approximate surface area is 334 Å². The van der Waals surface area contributed by atoms with E-state index in [9.17, 15) is 18.0 Å². The Morgan fingerprint density at radius 1 is 0.845 bits per heavy atom. The molecule has 2 saturated heterocycles. The van der Waals surface area contributed by atoms with Crippen LogP contribution in [-0.4, -0.2) is 108 Å². The van der Waals surface area contributed by atoms with Crippen molar-refractivity contribution in [1.29, 1.82) is 0 Å². The fraction of sp³-hybridized carbons (Fsp3) is 0.302. The number of nitrogens with one attached hydrogen (secondary N) is 2. The van der Waals surface area contributed by atoms with E-state index in [0.717, 1.165) is 69.9 Å². The maximum absolute atomic E-state index is 14.5. The number of fused-ring (bicyclic) bond motifs is 1. The minimum absolute atomic E-state index is 0.0558. The zero-order valence-corrected chi connectivity index (χ0v) is 32.3. The Bertz CT molecular complexity index is 2390. The smallest absolute Gasteiger partial charge is 0.259 e. The van der Waals surface area contributed by atoms with Gasteiger partial charge in [0, 0.05) is 81.6 Å². The van der Waals surface area contributed by atoms with Gasteiger partial charge in [-0.25, -0.2) is 28.1 Å². The molecule has 0 saturated carbocycles. The van der Waals surface area contributed by atoms with Crippen LogP contribution in [0, 0.1) is 11.6 Å². The van der Waals surface area contributed by atoms with Gasteiger partial charge in [0.05, 0.1) is 42.6 Å². The number of piperazine rings is 1. The third kappa shape index (κ3) is 8.00. The van der Waals surface area contributed by atoms with Crippen LogP contribution in [0.25, 0.3) is 28.3 Å². The van der Waals surface area contributed by atoms with Crippen molar-refractivity contribution in [3.63, 3.8) is 0 Å². The van der Waals surface area contributed by atoms with E-state index in [2.05, 4.69) is 36.4 Å². The minimum atomic E-state index is -0.901. The first-order valence-electron chi connectivity index (χ1n) is 19.3. The number of nitrogens with zero attached hydrogens (tertiary/aromatic N) is 7. The molecule has 0 atom stereocenters. The molecular weight excluding hydrogens is 748 g/mol. The summed E-state index contributed by atoms with van der Waals surface area (Å²) in [7, 11) is 3.05. The van der Waals surface area contributed by atoms with Crippen molar-refractivity contribution in [2.45, 2.75) is 18.9 Å². The highest BCUT2D eigenvalue weighted by atomic mass is 19.1. The molecule has 0 aliphatic carbocycles. The molecule has 2 fully saturated rings.